The second-order valence-corrected chi connectivity index (χ2v) is 7.38. The molecule has 4 rings (SSSR count). The van der Waals surface area contributed by atoms with E-state index in [-0.39, 0.29) is 24.8 Å². The quantitative estimate of drug-likeness (QED) is 0.510. The Morgan fingerprint density at radius 1 is 1.10 bits per heavy atom. The predicted molar refractivity (Wildman–Crippen MR) is 112 cm³/mol. The van der Waals surface area contributed by atoms with Crippen molar-refractivity contribution in [3.63, 3.8) is 0 Å². The summed E-state index contributed by atoms with van der Waals surface area (Å²) in [5, 5.41) is 5.95. The van der Waals surface area contributed by atoms with Crippen LogP contribution in [0.5, 0.6) is 5.75 Å². The Morgan fingerprint density at radius 3 is 2.72 bits per heavy atom. The number of benzene rings is 2. The number of nitrogens with one attached hydrogen (secondary N) is 2. The van der Waals surface area contributed by atoms with Crippen molar-refractivity contribution < 1.29 is 14.3 Å². The molecule has 0 aliphatic rings. The van der Waals surface area contributed by atoms with Gasteiger partial charge in [-0.15, -0.1) is 0 Å². The molecule has 0 atom stereocenters. The Bertz CT molecular complexity index is 1210. The first-order chi connectivity index (χ1) is 14.1. The molecule has 2 amide bonds. The standard InChI is InChI=1S/C20H19N5O3S/c1-21-18(26)10-17-22-13-5-3-4-6-15(13)25(17)11-19(27)24-20-23-14-8-7-12(28-2)9-16(14)29-20/h3-9H,10-11H2,1-2H3,(H,21,26)(H,23,24,27). The first kappa shape index (κ1) is 18.9. The van der Waals surface area contributed by atoms with Crippen molar-refractivity contribution in [1.82, 2.24) is 19.9 Å². The lowest BCUT2D eigenvalue weighted by molar-refractivity contribution is -0.120. The number of thiazole rings is 1. The van der Waals surface area contributed by atoms with Crippen LogP contribution in [0.3, 0.4) is 0 Å². The lowest BCUT2D eigenvalue weighted by Crippen LogP contribution is -2.24. The van der Waals surface area contributed by atoms with Gasteiger partial charge in [-0.05, 0) is 30.3 Å². The molecule has 2 aromatic heterocycles. The topological polar surface area (TPSA) is 98.1 Å². The van der Waals surface area contributed by atoms with Crippen molar-refractivity contribution >= 4 is 49.5 Å². The smallest absolute Gasteiger partial charge is 0.246 e. The van der Waals surface area contributed by atoms with Crippen LogP contribution in [-0.4, -0.2) is 40.5 Å². The molecule has 2 aromatic carbocycles. The van der Waals surface area contributed by atoms with E-state index in [1.54, 1.807) is 18.7 Å². The second kappa shape index (κ2) is 7.88. The summed E-state index contributed by atoms with van der Waals surface area (Å²) in [4.78, 5) is 33.5. The maximum atomic E-state index is 12.7. The fourth-order valence-electron chi connectivity index (χ4n) is 3.06. The lowest BCUT2D eigenvalue weighted by atomic mass is 10.3. The monoisotopic (exact) mass is 409 g/mol. The van der Waals surface area contributed by atoms with Crippen LogP contribution in [0.1, 0.15) is 5.82 Å². The van der Waals surface area contributed by atoms with Gasteiger partial charge in [-0.25, -0.2) is 9.97 Å². The van der Waals surface area contributed by atoms with Crippen LogP contribution in [0.25, 0.3) is 21.3 Å². The molecule has 8 nitrogen and oxygen atoms in total. The molecule has 0 saturated heterocycles. The van der Waals surface area contributed by atoms with Crippen molar-refractivity contribution in [3.05, 3.63) is 48.3 Å². The number of anilines is 1. The van der Waals surface area contributed by atoms with Crippen LogP contribution in [0.15, 0.2) is 42.5 Å². The number of likely N-dealkylation sites (N-methyl/N-ethyl adjacent to an activating group) is 1. The van der Waals surface area contributed by atoms with Crippen LogP contribution in [0.4, 0.5) is 5.13 Å². The number of hydrogen-bond donors (Lipinski definition) is 2. The van der Waals surface area contributed by atoms with Crippen LogP contribution in [0, 0.1) is 0 Å². The SMILES string of the molecule is CNC(=O)Cc1nc2ccccc2n1CC(=O)Nc1nc2ccc(OC)cc2s1. The van der Waals surface area contributed by atoms with Crippen LogP contribution in [-0.2, 0) is 22.6 Å². The van der Waals surface area contributed by atoms with E-state index in [0.29, 0.717) is 11.0 Å². The van der Waals surface area contributed by atoms with Gasteiger partial charge in [0.15, 0.2) is 5.13 Å². The molecular weight excluding hydrogens is 390 g/mol. The molecule has 0 bridgehead atoms. The van der Waals surface area contributed by atoms with Gasteiger partial charge in [0.1, 0.15) is 18.1 Å². The van der Waals surface area contributed by atoms with Gasteiger partial charge in [-0.1, -0.05) is 23.5 Å². The van der Waals surface area contributed by atoms with Gasteiger partial charge in [0.2, 0.25) is 11.8 Å². The number of imidazole rings is 1. The normalized spacial score (nSPS) is 11.0. The fraction of sp³-hybridized carbons (Fsp3) is 0.200. The molecule has 148 valence electrons. The highest BCUT2D eigenvalue weighted by Crippen LogP contribution is 2.29. The number of rotatable bonds is 6. The molecule has 4 aromatic rings. The molecule has 0 aliphatic carbocycles. The Labute approximate surface area is 170 Å². The summed E-state index contributed by atoms with van der Waals surface area (Å²) in [7, 11) is 3.18. The average molecular weight is 409 g/mol. The third-order valence-corrected chi connectivity index (χ3v) is 5.41. The summed E-state index contributed by atoms with van der Waals surface area (Å²) in [5.74, 6) is 0.872. The van der Waals surface area contributed by atoms with Gasteiger partial charge in [0, 0.05) is 7.05 Å². The van der Waals surface area contributed by atoms with Gasteiger partial charge >= 0.3 is 0 Å². The summed E-state index contributed by atoms with van der Waals surface area (Å²) in [6.45, 7) is 0.0338. The minimum atomic E-state index is -0.239. The molecule has 0 fully saturated rings. The third kappa shape index (κ3) is 3.90. The van der Waals surface area contributed by atoms with E-state index in [2.05, 4.69) is 20.6 Å². The third-order valence-electron chi connectivity index (χ3n) is 4.47. The van der Waals surface area contributed by atoms with Crippen molar-refractivity contribution in [2.45, 2.75) is 13.0 Å². The number of para-hydroxylation sites is 2. The fourth-order valence-corrected chi connectivity index (χ4v) is 3.97. The Morgan fingerprint density at radius 2 is 1.93 bits per heavy atom. The number of ether oxygens (including phenoxy) is 1. The molecule has 0 saturated carbocycles. The first-order valence-electron chi connectivity index (χ1n) is 8.96. The predicted octanol–water partition coefficient (Wildman–Crippen LogP) is 2.58. The van der Waals surface area contributed by atoms with Crippen molar-refractivity contribution in [1.29, 1.82) is 0 Å². The number of amides is 2. The number of fused-ring (bicyclic) bond motifs is 2. The average Bonchev–Trinajstić information content (AvgIpc) is 3.27. The zero-order valence-electron chi connectivity index (χ0n) is 15.9. The maximum Gasteiger partial charge on any atom is 0.246 e. The summed E-state index contributed by atoms with van der Waals surface area (Å²) in [6.07, 6.45) is 0.0966. The molecule has 2 N–H and O–H groups in total. The summed E-state index contributed by atoms with van der Waals surface area (Å²) in [5.41, 5.74) is 2.33. The molecule has 29 heavy (non-hydrogen) atoms. The van der Waals surface area contributed by atoms with Crippen molar-refractivity contribution in [2.24, 2.45) is 0 Å². The van der Waals surface area contributed by atoms with E-state index in [9.17, 15) is 9.59 Å². The second-order valence-electron chi connectivity index (χ2n) is 6.35. The molecular formula is C20H19N5O3S. The van der Waals surface area contributed by atoms with E-state index < -0.39 is 0 Å². The summed E-state index contributed by atoms with van der Waals surface area (Å²) < 4.78 is 7.91. The Balaban J connectivity index is 1.58. The van der Waals surface area contributed by atoms with Crippen molar-refractivity contribution in [3.8, 4) is 5.75 Å². The minimum absolute atomic E-state index is 0.0338. The van der Waals surface area contributed by atoms with Crippen LogP contribution in [0.2, 0.25) is 0 Å². The van der Waals surface area contributed by atoms with Gasteiger partial charge in [-0.3, -0.25) is 9.59 Å². The molecule has 9 heteroatoms. The number of carbonyl (C=O) groups is 2. The summed E-state index contributed by atoms with van der Waals surface area (Å²) in [6, 6.07) is 13.1. The van der Waals surface area contributed by atoms with Crippen LogP contribution < -0.4 is 15.4 Å². The van der Waals surface area contributed by atoms with Gasteiger partial charge < -0.3 is 19.9 Å². The number of nitrogens with zero attached hydrogens (tertiary/aromatic N) is 3. The molecule has 0 radical (unpaired) electrons. The molecule has 0 spiro atoms. The number of aromatic nitrogens is 3. The van der Waals surface area contributed by atoms with E-state index >= 15 is 0 Å². The van der Waals surface area contributed by atoms with Crippen molar-refractivity contribution in [2.75, 3.05) is 19.5 Å². The molecule has 2 heterocycles. The van der Waals surface area contributed by atoms with Gasteiger partial charge in [-0.2, -0.15) is 0 Å². The first-order valence-corrected chi connectivity index (χ1v) is 9.78. The highest BCUT2D eigenvalue weighted by molar-refractivity contribution is 7.22. The number of carbonyl (C=O) groups excluding carboxylic acids is 2. The number of methoxy groups -OCH3 is 1. The Kier molecular flexibility index (Phi) is 5.13. The van der Waals surface area contributed by atoms with E-state index in [4.69, 9.17) is 4.74 Å². The highest BCUT2D eigenvalue weighted by Gasteiger charge is 2.17. The van der Waals surface area contributed by atoms with Crippen LogP contribution >= 0.6 is 11.3 Å². The zero-order chi connectivity index (χ0) is 20.4. The van der Waals surface area contributed by atoms with E-state index in [0.717, 1.165) is 27.0 Å². The zero-order valence-corrected chi connectivity index (χ0v) is 16.7. The minimum Gasteiger partial charge on any atom is -0.497 e. The Hall–Kier alpha value is -3.46. The lowest BCUT2D eigenvalue weighted by Gasteiger charge is -2.08. The van der Waals surface area contributed by atoms with Gasteiger partial charge in [0.25, 0.3) is 0 Å². The van der Waals surface area contributed by atoms with Gasteiger partial charge in [0.05, 0.1) is 34.8 Å². The van der Waals surface area contributed by atoms with E-state index in [1.807, 2.05) is 42.5 Å². The molecule has 0 unspecified atom stereocenters. The highest BCUT2D eigenvalue weighted by atomic mass is 32.1. The largest absolute Gasteiger partial charge is 0.497 e. The molecule has 0 aliphatic heterocycles. The van der Waals surface area contributed by atoms with E-state index in [1.165, 1.54) is 11.3 Å². The number of hydrogen-bond acceptors (Lipinski definition) is 6. The summed E-state index contributed by atoms with van der Waals surface area (Å²) >= 11 is 1.38. The maximum absolute atomic E-state index is 12.7.